The Morgan fingerprint density at radius 1 is 1.00 bits per heavy atom. The molecule has 6 nitrogen and oxygen atoms in total. The van der Waals surface area contributed by atoms with Crippen molar-refractivity contribution in [3.8, 4) is 0 Å². The topological polar surface area (TPSA) is 69.7 Å². The summed E-state index contributed by atoms with van der Waals surface area (Å²) in [6.45, 7) is 6.48. The fraction of sp³-hybridized carbons (Fsp3) is 0.350. The average Bonchev–Trinajstić information content (AvgIpc) is 2.66. The standard InChI is InChI=1S/C20H27N3O3S/c1-5-23(6-2)17-13-11-16(12-14-17)15-21-20(24)18-9-7-8-10-19(18)22(3)27(4,25)26/h7-14H,5-6,15H2,1-4H3,(H,21,24). The van der Waals surface area contributed by atoms with E-state index in [0.29, 0.717) is 17.8 Å². The van der Waals surface area contributed by atoms with Crippen molar-refractivity contribution in [1.29, 1.82) is 0 Å². The Morgan fingerprint density at radius 3 is 2.15 bits per heavy atom. The molecule has 2 aromatic rings. The molecule has 2 rings (SSSR count). The van der Waals surface area contributed by atoms with E-state index in [1.54, 1.807) is 24.3 Å². The summed E-state index contributed by atoms with van der Waals surface area (Å²) in [4.78, 5) is 14.8. The quantitative estimate of drug-likeness (QED) is 0.754. The van der Waals surface area contributed by atoms with Gasteiger partial charge in [-0.25, -0.2) is 8.42 Å². The Balaban J connectivity index is 2.11. The number of benzene rings is 2. The molecule has 0 aliphatic rings. The van der Waals surface area contributed by atoms with Gasteiger partial charge in [-0.05, 0) is 43.7 Å². The number of para-hydroxylation sites is 1. The van der Waals surface area contributed by atoms with Crippen molar-refractivity contribution in [2.45, 2.75) is 20.4 Å². The van der Waals surface area contributed by atoms with Gasteiger partial charge in [0, 0.05) is 32.4 Å². The molecule has 0 aliphatic heterocycles. The van der Waals surface area contributed by atoms with Crippen LogP contribution in [0.5, 0.6) is 0 Å². The molecule has 1 N–H and O–H groups in total. The summed E-state index contributed by atoms with van der Waals surface area (Å²) in [5.74, 6) is -0.311. The summed E-state index contributed by atoms with van der Waals surface area (Å²) < 4.78 is 24.7. The van der Waals surface area contributed by atoms with Crippen LogP contribution in [0.25, 0.3) is 0 Å². The molecule has 0 radical (unpaired) electrons. The molecule has 2 aromatic carbocycles. The number of nitrogens with one attached hydrogen (secondary N) is 1. The van der Waals surface area contributed by atoms with Crippen molar-refractivity contribution >= 4 is 27.3 Å². The van der Waals surface area contributed by atoms with Crippen LogP contribution in [0.4, 0.5) is 11.4 Å². The Hall–Kier alpha value is -2.54. The van der Waals surface area contributed by atoms with Crippen LogP contribution in [0, 0.1) is 0 Å². The largest absolute Gasteiger partial charge is 0.372 e. The summed E-state index contributed by atoms with van der Waals surface area (Å²) in [5.41, 5.74) is 2.81. The van der Waals surface area contributed by atoms with Crippen molar-refractivity contribution in [2.24, 2.45) is 0 Å². The Morgan fingerprint density at radius 2 is 1.59 bits per heavy atom. The predicted octanol–water partition coefficient (Wildman–Crippen LogP) is 2.86. The van der Waals surface area contributed by atoms with Crippen LogP contribution in [-0.2, 0) is 16.6 Å². The van der Waals surface area contributed by atoms with E-state index in [1.807, 2.05) is 24.3 Å². The van der Waals surface area contributed by atoms with Gasteiger partial charge in [-0.2, -0.15) is 0 Å². The number of hydrogen-bond acceptors (Lipinski definition) is 4. The summed E-state index contributed by atoms with van der Waals surface area (Å²) in [7, 11) is -2.01. The predicted molar refractivity (Wildman–Crippen MR) is 111 cm³/mol. The van der Waals surface area contributed by atoms with Crippen LogP contribution in [0.1, 0.15) is 29.8 Å². The highest BCUT2D eigenvalue weighted by molar-refractivity contribution is 7.92. The molecule has 1 amide bonds. The van der Waals surface area contributed by atoms with Crippen molar-refractivity contribution in [1.82, 2.24) is 5.32 Å². The first-order valence-electron chi connectivity index (χ1n) is 8.93. The van der Waals surface area contributed by atoms with Crippen LogP contribution >= 0.6 is 0 Å². The molecule has 0 saturated heterocycles. The smallest absolute Gasteiger partial charge is 0.253 e. The summed E-state index contributed by atoms with van der Waals surface area (Å²) in [5, 5.41) is 2.86. The number of carbonyl (C=O) groups excluding carboxylic acids is 1. The van der Waals surface area contributed by atoms with Crippen molar-refractivity contribution in [2.75, 3.05) is 35.6 Å². The average molecular weight is 390 g/mol. The maximum atomic E-state index is 12.6. The lowest BCUT2D eigenvalue weighted by Gasteiger charge is -2.21. The third kappa shape index (κ3) is 5.23. The van der Waals surface area contributed by atoms with E-state index in [4.69, 9.17) is 0 Å². The maximum Gasteiger partial charge on any atom is 0.253 e. The first-order valence-corrected chi connectivity index (χ1v) is 10.8. The summed E-state index contributed by atoms with van der Waals surface area (Å²) in [6.07, 6.45) is 1.11. The molecule has 0 unspecified atom stereocenters. The minimum atomic E-state index is -3.45. The minimum Gasteiger partial charge on any atom is -0.372 e. The fourth-order valence-electron chi connectivity index (χ4n) is 2.81. The number of hydrogen-bond donors (Lipinski definition) is 1. The van der Waals surface area contributed by atoms with E-state index >= 15 is 0 Å². The van der Waals surface area contributed by atoms with Crippen LogP contribution in [0.2, 0.25) is 0 Å². The third-order valence-electron chi connectivity index (χ3n) is 4.50. The van der Waals surface area contributed by atoms with Gasteiger partial charge in [-0.15, -0.1) is 0 Å². The van der Waals surface area contributed by atoms with Gasteiger partial charge in [0.25, 0.3) is 5.91 Å². The van der Waals surface area contributed by atoms with E-state index in [2.05, 4.69) is 24.1 Å². The lowest BCUT2D eigenvalue weighted by molar-refractivity contribution is 0.0951. The van der Waals surface area contributed by atoms with Gasteiger partial charge < -0.3 is 10.2 Å². The fourth-order valence-corrected chi connectivity index (χ4v) is 3.33. The number of sulfonamides is 1. The highest BCUT2D eigenvalue weighted by Crippen LogP contribution is 2.21. The van der Waals surface area contributed by atoms with E-state index in [0.717, 1.165) is 34.9 Å². The monoisotopic (exact) mass is 389 g/mol. The molecule has 0 aliphatic carbocycles. The first kappa shape index (κ1) is 20.8. The second-order valence-electron chi connectivity index (χ2n) is 6.27. The number of rotatable bonds is 8. The van der Waals surface area contributed by atoms with Gasteiger partial charge >= 0.3 is 0 Å². The van der Waals surface area contributed by atoms with Crippen LogP contribution in [0.15, 0.2) is 48.5 Å². The van der Waals surface area contributed by atoms with E-state index in [9.17, 15) is 13.2 Å². The molecule has 0 bridgehead atoms. The van der Waals surface area contributed by atoms with E-state index in [1.165, 1.54) is 7.05 Å². The molecular weight excluding hydrogens is 362 g/mol. The lowest BCUT2D eigenvalue weighted by atomic mass is 10.1. The zero-order chi connectivity index (χ0) is 20.0. The second-order valence-corrected chi connectivity index (χ2v) is 8.28. The van der Waals surface area contributed by atoms with E-state index in [-0.39, 0.29) is 5.91 Å². The molecule has 0 aromatic heterocycles. The molecule has 7 heteroatoms. The molecule has 0 atom stereocenters. The molecule has 27 heavy (non-hydrogen) atoms. The number of nitrogens with zero attached hydrogens (tertiary/aromatic N) is 2. The number of amides is 1. The van der Waals surface area contributed by atoms with Gasteiger partial charge in [-0.1, -0.05) is 24.3 Å². The highest BCUT2D eigenvalue weighted by atomic mass is 32.2. The zero-order valence-electron chi connectivity index (χ0n) is 16.3. The number of anilines is 2. The summed E-state index contributed by atoms with van der Waals surface area (Å²) >= 11 is 0. The van der Waals surface area contributed by atoms with Crippen molar-refractivity contribution in [3.05, 3.63) is 59.7 Å². The van der Waals surface area contributed by atoms with Gasteiger partial charge in [0.2, 0.25) is 10.0 Å². The Labute approximate surface area is 161 Å². The van der Waals surface area contributed by atoms with Crippen LogP contribution in [-0.4, -0.2) is 40.7 Å². The SMILES string of the molecule is CCN(CC)c1ccc(CNC(=O)c2ccccc2N(C)S(C)(=O)=O)cc1. The van der Waals surface area contributed by atoms with Crippen molar-refractivity contribution in [3.63, 3.8) is 0 Å². The zero-order valence-corrected chi connectivity index (χ0v) is 17.1. The third-order valence-corrected chi connectivity index (χ3v) is 5.70. The summed E-state index contributed by atoms with van der Waals surface area (Å²) in [6, 6.07) is 14.7. The van der Waals surface area contributed by atoms with Gasteiger partial charge in [0.1, 0.15) is 0 Å². The molecule has 0 heterocycles. The lowest BCUT2D eigenvalue weighted by Crippen LogP contribution is -2.29. The second kappa shape index (κ2) is 8.90. The molecule has 0 saturated carbocycles. The van der Waals surface area contributed by atoms with E-state index < -0.39 is 10.0 Å². The van der Waals surface area contributed by atoms with Crippen LogP contribution in [0.3, 0.4) is 0 Å². The normalized spacial score (nSPS) is 11.1. The van der Waals surface area contributed by atoms with Gasteiger partial charge in [-0.3, -0.25) is 9.10 Å². The van der Waals surface area contributed by atoms with Crippen LogP contribution < -0.4 is 14.5 Å². The van der Waals surface area contributed by atoms with Gasteiger partial charge in [0.05, 0.1) is 17.5 Å². The Bertz CT molecular complexity index is 876. The minimum absolute atomic E-state index is 0.311. The van der Waals surface area contributed by atoms with Crippen molar-refractivity contribution < 1.29 is 13.2 Å². The molecule has 0 fully saturated rings. The maximum absolute atomic E-state index is 12.6. The molecule has 146 valence electrons. The first-order chi connectivity index (χ1) is 12.8. The van der Waals surface area contributed by atoms with Gasteiger partial charge in [0.15, 0.2) is 0 Å². The number of carbonyl (C=O) groups is 1. The Kier molecular flexibility index (Phi) is 6.85. The molecular formula is C20H27N3O3S. The highest BCUT2D eigenvalue weighted by Gasteiger charge is 2.19. The molecule has 0 spiro atoms.